The van der Waals surface area contributed by atoms with Gasteiger partial charge in [0.05, 0.1) is 6.54 Å². The van der Waals surface area contributed by atoms with Gasteiger partial charge in [0.25, 0.3) is 5.91 Å². The molecule has 2 aromatic carbocycles. The maximum Gasteiger partial charge on any atom is 0.325 e. The number of carbonyl (C=O) groups is 2. The second-order valence-electron chi connectivity index (χ2n) is 9.13. The zero-order chi connectivity index (χ0) is 23.0. The summed E-state index contributed by atoms with van der Waals surface area (Å²) in [5.41, 5.74) is 3.20. The predicted octanol–water partition coefficient (Wildman–Crippen LogP) is 3.99. The Morgan fingerprint density at radius 1 is 1.22 bits per heavy atom. The summed E-state index contributed by atoms with van der Waals surface area (Å²) in [6.45, 7) is 5.83. The number of aryl methyl sites for hydroxylation is 2. The molecule has 2 atom stereocenters. The lowest BCUT2D eigenvalue weighted by atomic mass is 9.78. The van der Waals surface area contributed by atoms with Gasteiger partial charge >= 0.3 is 6.03 Å². The van der Waals surface area contributed by atoms with Crippen LogP contribution in [0, 0.1) is 6.92 Å². The van der Waals surface area contributed by atoms with Crippen LogP contribution >= 0.6 is 11.6 Å². The molecule has 32 heavy (non-hydrogen) atoms. The minimum atomic E-state index is -1.01. The van der Waals surface area contributed by atoms with Gasteiger partial charge in [-0.15, -0.1) is 0 Å². The summed E-state index contributed by atoms with van der Waals surface area (Å²) in [6, 6.07) is 11.3. The molecule has 0 radical (unpaired) electrons. The van der Waals surface area contributed by atoms with Gasteiger partial charge in [-0.1, -0.05) is 49.7 Å². The van der Waals surface area contributed by atoms with E-state index in [1.165, 1.54) is 5.56 Å². The van der Waals surface area contributed by atoms with Crippen molar-refractivity contribution in [1.29, 1.82) is 0 Å². The van der Waals surface area contributed by atoms with Crippen LogP contribution in [0.1, 0.15) is 48.4 Å². The molecule has 170 valence electrons. The number of halogens is 1. The molecule has 2 aliphatic rings. The number of aliphatic hydroxyl groups excluding tert-OH is 1. The van der Waals surface area contributed by atoms with Gasteiger partial charge in [0.2, 0.25) is 0 Å². The van der Waals surface area contributed by atoms with Crippen LogP contribution in [0.5, 0.6) is 5.75 Å². The normalized spacial score (nSPS) is 21.1. The van der Waals surface area contributed by atoms with E-state index >= 15 is 0 Å². The SMILES string of the molecule is Cc1cc(OCC(O)CN2C(=O)NC3(CCc4ccccc4C3)C2=O)c(C(C)C)cc1Cl. The number of aliphatic hydroxyl groups is 1. The molecular formula is C25H29ClN2O4. The molecule has 1 heterocycles. The molecule has 2 aromatic rings. The largest absolute Gasteiger partial charge is 0.491 e. The molecule has 1 spiro atoms. The van der Waals surface area contributed by atoms with Gasteiger partial charge in [0, 0.05) is 11.4 Å². The highest BCUT2D eigenvalue weighted by molar-refractivity contribution is 6.31. The van der Waals surface area contributed by atoms with Crippen molar-refractivity contribution >= 4 is 23.5 Å². The van der Waals surface area contributed by atoms with Crippen LogP contribution in [-0.4, -0.2) is 46.7 Å². The molecule has 1 aliphatic heterocycles. The van der Waals surface area contributed by atoms with Crippen LogP contribution in [0.25, 0.3) is 0 Å². The maximum atomic E-state index is 13.2. The van der Waals surface area contributed by atoms with Crippen molar-refractivity contribution in [3.63, 3.8) is 0 Å². The van der Waals surface area contributed by atoms with Gasteiger partial charge in [-0.05, 0) is 60.1 Å². The van der Waals surface area contributed by atoms with Gasteiger partial charge in [-0.2, -0.15) is 0 Å². The average Bonchev–Trinajstić information content (AvgIpc) is 2.97. The Hall–Kier alpha value is -2.57. The van der Waals surface area contributed by atoms with E-state index in [1.807, 2.05) is 51.1 Å². The Kier molecular flexibility index (Phi) is 6.19. The highest BCUT2D eigenvalue weighted by Crippen LogP contribution is 2.34. The van der Waals surface area contributed by atoms with Gasteiger partial charge in [-0.3, -0.25) is 9.69 Å². The van der Waals surface area contributed by atoms with Gasteiger partial charge < -0.3 is 15.2 Å². The number of nitrogens with one attached hydrogen (secondary N) is 1. The summed E-state index contributed by atoms with van der Waals surface area (Å²) < 4.78 is 5.88. The number of imide groups is 1. The third kappa shape index (κ3) is 4.21. The Labute approximate surface area is 193 Å². The van der Waals surface area contributed by atoms with E-state index in [2.05, 4.69) is 11.4 Å². The molecule has 3 amide bonds. The lowest BCUT2D eigenvalue weighted by molar-refractivity contribution is -0.132. The molecule has 2 N–H and O–H groups in total. The molecule has 7 heteroatoms. The van der Waals surface area contributed by atoms with Crippen LogP contribution in [0.4, 0.5) is 4.79 Å². The number of β-amino-alcohol motifs (C(OH)–C–C–N with tert-alkyl or cyclic N) is 1. The van der Waals surface area contributed by atoms with Crippen LogP contribution < -0.4 is 10.1 Å². The van der Waals surface area contributed by atoms with Crippen LogP contribution in [0.3, 0.4) is 0 Å². The molecule has 1 aliphatic carbocycles. The first-order valence-electron chi connectivity index (χ1n) is 11.0. The number of hydrogen-bond donors (Lipinski definition) is 2. The number of carbonyl (C=O) groups excluding carboxylic acids is 2. The first-order chi connectivity index (χ1) is 15.2. The number of ether oxygens (including phenoxy) is 1. The van der Waals surface area contributed by atoms with E-state index in [9.17, 15) is 14.7 Å². The molecule has 0 saturated carbocycles. The Morgan fingerprint density at radius 2 is 1.94 bits per heavy atom. The molecule has 1 saturated heterocycles. The third-order valence-electron chi connectivity index (χ3n) is 6.42. The number of rotatable bonds is 6. The predicted molar refractivity (Wildman–Crippen MR) is 123 cm³/mol. The number of nitrogens with zero attached hydrogens (tertiary/aromatic N) is 1. The topological polar surface area (TPSA) is 78.9 Å². The minimum Gasteiger partial charge on any atom is -0.491 e. The smallest absolute Gasteiger partial charge is 0.325 e. The van der Waals surface area contributed by atoms with Gasteiger partial charge in [-0.25, -0.2) is 4.79 Å². The second-order valence-corrected chi connectivity index (χ2v) is 9.54. The summed E-state index contributed by atoms with van der Waals surface area (Å²) in [6.07, 6.45) is 0.750. The fourth-order valence-corrected chi connectivity index (χ4v) is 4.73. The fourth-order valence-electron chi connectivity index (χ4n) is 4.56. The summed E-state index contributed by atoms with van der Waals surface area (Å²) in [7, 11) is 0. The number of hydrogen-bond acceptors (Lipinski definition) is 4. The molecule has 6 nitrogen and oxygen atoms in total. The number of amides is 3. The van der Waals surface area contributed by atoms with Crippen molar-refractivity contribution in [3.8, 4) is 5.75 Å². The third-order valence-corrected chi connectivity index (χ3v) is 6.82. The highest BCUT2D eigenvalue weighted by Gasteiger charge is 2.52. The Balaban J connectivity index is 1.42. The molecule has 0 aromatic heterocycles. The summed E-state index contributed by atoms with van der Waals surface area (Å²) in [5, 5.41) is 14.1. The number of benzene rings is 2. The molecule has 2 unspecified atom stereocenters. The van der Waals surface area contributed by atoms with E-state index in [1.54, 1.807) is 0 Å². The zero-order valence-corrected chi connectivity index (χ0v) is 19.4. The standard InChI is InChI=1S/C25H29ClN2O4/c1-15(2)20-11-21(26)16(3)10-22(20)32-14-19(29)13-28-23(30)25(27-24(28)31)9-8-17-6-4-5-7-18(17)12-25/h4-7,10-11,15,19,29H,8-9,12-14H2,1-3H3,(H,27,31). The van der Waals surface area contributed by atoms with Crippen LogP contribution in [-0.2, 0) is 17.6 Å². The Bertz CT molecular complexity index is 1050. The van der Waals surface area contributed by atoms with Crippen molar-refractivity contribution in [1.82, 2.24) is 10.2 Å². The molecule has 1 fully saturated rings. The van der Waals surface area contributed by atoms with E-state index < -0.39 is 17.7 Å². The average molecular weight is 457 g/mol. The lowest BCUT2D eigenvalue weighted by Crippen LogP contribution is -2.51. The first kappa shape index (κ1) is 22.6. The van der Waals surface area contributed by atoms with E-state index in [-0.39, 0.29) is 25.0 Å². The fraction of sp³-hybridized carbons (Fsp3) is 0.440. The monoisotopic (exact) mass is 456 g/mol. The highest BCUT2D eigenvalue weighted by atomic mass is 35.5. The summed E-state index contributed by atoms with van der Waals surface area (Å²) in [4.78, 5) is 27.0. The van der Waals surface area contributed by atoms with E-state index in [4.69, 9.17) is 16.3 Å². The molecular weight excluding hydrogens is 428 g/mol. The molecule has 4 rings (SSSR count). The first-order valence-corrected chi connectivity index (χ1v) is 11.4. The Morgan fingerprint density at radius 3 is 2.66 bits per heavy atom. The van der Waals surface area contributed by atoms with Crippen molar-refractivity contribution in [3.05, 3.63) is 63.7 Å². The van der Waals surface area contributed by atoms with Crippen molar-refractivity contribution in [2.45, 2.75) is 57.6 Å². The van der Waals surface area contributed by atoms with Crippen LogP contribution in [0.2, 0.25) is 5.02 Å². The second kappa shape index (κ2) is 8.75. The van der Waals surface area contributed by atoms with Gasteiger partial charge in [0.15, 0.2) is 0 Å². The lowest BCUT2D eigenvalue weighted by Gasteiger charge is -2.32. The van der Waals surface area contributed by atoms with Crippen molar-refractivity contribution in [2.24, 2.45) is 0 Å². The quantitative estimate of drug-likeness (QED) is 0.644. The number of fused-ring (bicyclic) bond motifs is 1. The minimum absolute atomic E-state index is 0.0340. The summed E-state index contributed by atoms with van der Waals surface area (Å²) >= 11 is 6.25. The van der Waals surface area contributed by atoms with E-state index in [0.717, 1.165) is 28.0 Å². The summed E-state index contributed by atoms with van der Waals surface area (Å²) in [5.74, 6) is 0.569. The zero-order valence-electron chi connectivity index (χ0n) is 18.7. The van der Waals surface area contributed by atoms with Gasteiger partial charge in [0.1, 0.15) is 24.0 Å². The maximum absolute atomic E-state index is 13.2. The van der Waals surface area contributed by atoms with E-state index in [0.29, 0.717) is 23.6 Å². The van der Waals surface area contributed by atoms with Crippen molar-refractivity contribution < 1.29 is 19.4 Å². The number of urea groups is 1. The molecule has 0 bridgehead atoms. The van der Waals surface area contributed by atoms with Crippen LogP contribution in [0.15, 0.2) is 36.4 Å². The van der Waals surface area contributed by atoms with Crippen molar-refractivity contribution in [2.75, 3.05) is 13.2 Å².